The van der Waals surface area contributed by atoms with Gasteiger partial charge < -0.3 is 14.6 Å². The highest BCUT2D eigenvalue weighted by molar-refractivity contribution is 8.13. The third-order valence-corrected chi connectivity index (χ3v) is 10.2. The summed E-state index contributed by atoms with van der Waals surface area (Å²) in [6, 6.07) is 0. The molecule has 8 atom stereocenters. The second kappa shape index (κ2) is 9.08. The van der Waals surface area contributed by atoms with E-state index < -0.39 is 57.1 Å². The number of alkyl halides is 1. The van der Waals surface area contributed by atoms with Crippen molar-refractivity contribution in [2.45, 2.75) is 77.7 Å². The molecule has 0 aliphatic heterocycles. The van der Waals surface area contributed by atoms with Crippen LogP contribution in [0.15, 0.2) is 23.8 Å². The summed E-state index contributed by atoms with van der Waals surface area (Å²) in [5.41, 5.74) is -5.18. The van der Waals surface area contributed by atoms with Gasteiger partial charge in [-0.15, -0.1) is 0 Å². The second-order valence-electron chi connectivity index (χ2n) is 11.1. The zero-order valence-corrected chi connectivity index (χ0v) is 22.3. The largest absolute Gasteiger partial charge is 0.458 e. The molecule has 0 amide bonds. The highest BCUT2D eigenvalue weighted by atomic mass is 32.2. The third-order valence-electron chi connectivity index (χ3n) is 9.48. The molecule has 0 spiro atoms. The SMILES string of the molecule is CCOC(=O)SCC(=O)[C@@]1(OC(C)=O)[C@@H](C)C[C@H]2[C@@H]3CCC4=CC(=O)C=C[C@]4(C)[C@@]3(F)[C@@H](O)C[C@@]21C. The normalized spacial score (nSPS) is 43.1. The number of esters is 1. The Morgan fingerprint density at radius 1 is 1.25 bits per heavy atom. The molecular weight excluding hydrogens is 487 g/mol. The van der Waals surface area contributed by atoms with Crippen LogP contribution in [-0.2, 0) is 23.9 Å². The summed E-state index contributed by atoms with van der Waals surface area (Å²) in [6.45, 7) is 8.44. The number of aliphatic hydroxyl groups excluding tert-OH is 1. The van der Waals surface area contributed by atoms with Gasteiger partial charge in [0.15, 0.2) is 22.8 Å². The van der Waals surface area contributed by atoms with E-state index in [9.17, 15) is 24.3 Å². The van der Waals surface area contributed by atoms with Crippen molar-refractivity contribution in [3.8, 4) is 0 Å². The van der Waals surface area contributed by atoms with Gasteiger partial charge in [0, 0.05) is 29.6 Å². The van der Waals surface area contributed by atoms with Crippen molar-refractivity contribution in [3.63, 3.8) is 0 Å². The molecular formula is C27H35FO7S. The van der Waals surface area contributed by atoms with Crippen LogP contribution in [-0.4, -0.2) is 57.7 Å². The smallest absolute Gasteiger partial charge is 0.367 e. The van der Waals surface area contributed by atoms with E-state index in [0.717, 1.165) is 0 Å². The number of aliphatic hydroxyl groups is 1. The Labute approximate surface area is 215 Å². The van der Waals surface area contributed by atoms with Gasteiger partial charge in [0.25, 0.3) is 0 Å². The fraction of sp³-hybridized carbons (Fsp3) is 0.704. The van der Waals surface area contributed by atoms with E-state index in [1.165, 1.54) is 19.1 Å². The summed E-state index contributed by atoms with van der Waals surface area (Å²) in [5.74, 6) is -2.94. The van der Waals surface area contributed by atoms with Crippen molar-refractivity contribution in [1.29, 1.82) is 0 Å². The number of hydrogen-bond acceptors (Lipinski definition) is 8. The van der Waals surface area contributed by atoms with Crippen LogP contribution in [0, 0.1) is 28.6 Å². The molecule has 4 aliphatic carbocycles. The fourth-order valence-electron chi connectivity index (χ4n) is 8.02. The molecule has 9 heteroatoms. The average Bonchev–Trinajstić information content (AvgIpc) is 3.01. The van der Waals surface area contributed by atoms with Crippen molar-refractivity contribution >= 4 is 34.6 Å². The second-order valence-corrected chi connectivity index (χ2v) is 12.0. The van der Waals surface area contributed by atoms with Gasteiger partial charge in [0.1, 0.15) is 0 Å². The monoisotopic (exact) mass is 522 g/mol. The summed E-state index contributed by atoms with van der Waals surface area (Å²) >= 11 is 0.712. The van der Waals surface area contributed by atoms with Gasteiger partial charge in [0.05, 0.1) is 18.5 Å². The first kappa shape index (κ1) is 27.0. The maximum Gasteiger partial charge on any atom is 0.367 e. The molecule has 4 aliphatic rings. The molecule has 7 nitrogen and oxygen atoms in total. The van der Waals surface area contributed by atoms with E-state index >= 15 is 4.39 Å². The van der Waals surface area contributed by atoms with Gasteiger partial charge in [-0.25, -0.2) is 9.18 Å². The van der Waals surface area contributed by atoms with Crippen LogP contribution >= 0.6 is 11.8 Å². The number of halogens is 1. The standard InChI is InChI=1S/C27H35FO7S/c1-6-34-23(33)36-14-22(32)27(35-16(3)29)15(2)11-20-19-8-7-17-12-18(30)9-10-24(17,4)26(19,28)21(31)13-25(20,27)5/h9-10,12,15,19-21,31H,6-8,11,13-14H2,1-5H3/t15-,19-,20-,21-,24-,25-,26-,27-/m0/s1. The zero-order chi connectivity index (χ0) is 26.7. The first-order chi connectivity index (χ1) is 16.8. The Kier molecular flexibility index (Phi) is 6.82. The number of ketones is 2. The van der Waals surface area contributed by atoms with Gasteiger partial charge in [-0.05, 0) is 69.4 Å². The minimum atomic E-state index is -2.05. The maximum atomic E-state index is 17.3. The lowest BCUT2D eigenvalue weighted by molar-refractivity contribution is -0.226. The number of Topliss-reactive ketones (excluding diaryl/α,β-unsaturated/α-hetero) is 1. The number of allylic oxidation sites excluding steroid dienone is 4. The minimum Gasteiger partial charge on any atom is -0.458 e. The Bertz CT molecular complexity index is 1050. The minimum absolute atomic E-state index is 0.0945. The Morgan fingerprint density at radius 2 is 1.94 bits per heavy atom. The molecule has 36 heavy (non-hydrogen) atoms. The van der Waals surface area contributed by atoms with E-state index in [1.54, 1.807) is 19.9 Å². The summed E-state index contributed by atoms with van der Waals surface area (Å²) in [7, 11) is 0. The summed E-state index contributed by atoms with van der Waals surface area (Å²) < 4.78 is 28.2. The van der Waals surface area contributed by atoms with Crippen molar-refractivity contribution in [2.75, 3.05) is 12.4 Å². The predicted molar refractivity (Wildman–Crippen MR) is 132 cm³/mol. The van der Waals surface area contributed by atoms with Crippen LogP contribution in [0.5, 0.6) is 0 Å². The van der Waals surface area contributed by atoms with Crippen molar-refractivity contribution < 1.29 is 38.1 Å². The van der Waals surface area contributed by atoms with Gasteiger partial charge in [-0.2, -0.15) is 0 Å². The van der Waals surface area contributed by atoms with E-state index in [-0.39, 0.29) is 30.5 Å². The van der Waals surface area contributed by atoms with Crippen LogP contribution in [0.25, 0.3) is 0 Å². The van der Waals surface area contributed by atoms with Crippen LogP contribution in [0.1, 0.15) is 60.3 Å². The van der Waals surface area contributed by atoms with Crippen molar-refractivity contribution in [1.82, 2.24) is 0 Å². The topological polar surface area (TPSA) is 107 Å². The van der Waals surface area contributed by atoms with E-state index in [4.69, 9.17) is 9.47 Å². The van der Waals surface area contributed by atoms with Crippen LogP contribution < -0.4 is 0 Å². The number of carbonyl (C=O) groups excluding carboxylic acids is 4. The zero-order valence-electron chi connectivity index (χ0n) is 21.5. The molecule has 0 radical (unpaired) electrons. The first-order valence-corrected chi connectivity index (χ1v) is 13.6. The van der Waals surface area contributed by atoms with Gasteiger partial charge in [-0.1, -0.05) is 25.5 Å². The van der Waals surface area contributed by atoms with E-state index in [1.807, 2.05) is 13.8 Å². The number of fused-ring (bicyclic) bond motifs is 5. The molecule has 0 bridgehead atoms. The molecule has 1 N–H and O–H groups in total. The third kappa shape index (κ3) is 3.56. The lowest BCUT2D eigenvalue weighted by atomic mass is 9.44. The fourth-order valence-corrected chi connectivity index (χ4v) is 8.68. The highest BCUT2D eigenvalue weighted by Gasteiger charge is 2.77. The molecule has 0 saturated heterocycles. The van der Waals surface area contributed by atoms with Crippen LogP contribution in [0.3, 0.4) is 0 Å². The summed E-state index contributed by atoms with van der Waals surface area (Å²) in [5, 5.41) is 10.9. The first-order valence-electron chi connectivity index (χ1n) is 12.6. The van der Waals surface area contributed by atoms with Crippen molar-refractivity contribution in [2.24, 2.45) is 28.6 Å². The molecule has 0 aromatic heterocycles. The Balaban J connectivity index is 1.77. The molecule has 0 aromatic rings. The lowest BCUT2D eigenvalue weighted by Gasteiger charge is -2.62. The Morgan fingerprint density at radius 3 is 2.58 bits per heavy atom. The molecule has 0 unspecified atom stereocenters. The Hall–Kier alpha value is -2.00. The van der Waals surface area contributed by atoms with E-state index in [2.05, 4.69) is 0 Å². The summed E-state index contributed by atoms with van der Waals surface area (Å²) in [4.78, 5) is 50.2. The molecule has 3 fully saturated rings. The number of hydrogen-bond donors (Lipinski definition) is 1. The number of ether oxygens (including phenoxy) is 2. The molecule has 3 saturated carbocycles. The molecule has 0 aromatic carbocycles. The maximum absolute atomic E-state index is 17.3. The predicted octanol–water partition coefficient (Wildman–Crippen LogP) is 4.36. The lowest BCUT2D eigenvalue weighted by Crippen LogP contribution is -2.70. The summed E-state index contributed by atoms with van der Waals surface area (Å²) in [6.07, 6.45) is 4.22. The van der Waals surface area contributed by atoms with Gasteiger partial charge >= 0.3 is 11.3 Å². The van der Waals surface area contributed by atoms with Crippen LogP contribution in [0.4, 0.5) is 9.18 Å². The number of thioether (sulfide) groups is 1. The highest BCUT2D eigenvalue weighted by Crippen LogP contribution is 2.71. The molecule has 0 heterocycles. The molecule has 198 valence electrons. The molecule has 4 rings (SSSR count). The van der Waals surface area contributed by atoms with Gasteiger partial charge in [0.2, 0.25) is 0 Å². The van der Waals surface area contributed by atoms with E-state index in [0.29, 0.717) is 36.6 Å². The van der Waals surface area contributed by atoms with Crippen LogP contribution in [0.2, 0.25) is 0 Å². The van der Waals surface area contributed by atoms with Crippen molar-refractivity contribution in [3.05, 3.63) is 23.8 Å². The number of rotatable bonds is 5. The average molecular weight is 523 g/mol. The quantitative estimate of drug-likeness (QED) is 0.531. The van der Waals surface area contributed by atoms with Gasteiger partial charge in [-0.3, -0.25) is 14.4 Å². The number of carbonyl (C=O) groups is 4.